The summed E-state index contributed by atoms with van der Waals surface area (Å²) < 4.78 is 12.2. The molecule has 16 heavy (non-hydrogen) atoms. The summed E-state index contributed by atoms with van der Waals surface area (Å²) in [7, 11) is -0.769. The van der Waals surface area contributed by atoms with Gasteiger partial charge < -0.3 is 5.73 Å². The Morgan fingerprint density at radius 2 is 1.81 bits per heavy atom. The second-order valence-electron chi connectivity index (χ2n) is 6.46. The minimum absolute atomic E-state index is 0.141. The number of rotatable bonds is 2. The molecule has 1 aliphatic carbocycles. The van der Waals surface area contributed by atoms with Gasteiger partial charge >= 0.3 is 0 Å². The van der Waals surface area contributed by atoms with Crippen LogP contribution in [0.25, 0.3) is 0 Å². The highest BCUT2D eigenvalue weighted by Gasteiger charge is 2.37. The SMILES string of the molecule is CC(C)S(=O)C1CC(C(C)(C)C)CCC1N. The van der Waals surface area contributed by atoms with E-state index in [9.17, 15) is 4.21 Å². The Morgan fingerprint density at radius 3 is 2.25 bits per heavy atom. The highest BCUT2D eigenvalue weighted by molar-refractivity contribution is 7.86. The molecular weight excluding hydrogens is 218 g/mol. The van der Waals surface area contributed by atoms with Gasteiger partial charge in [-0.25, -0.2) is 0 Å². The van der Waals surface area contributed by atoms with Gasteiger partial charge in [0.25, 0.3) is 0 Å². The van der Waals surface area contributed by atoms with Crippen LogP contribution in [-0.2, 0) is 10.8 Å². The normalized spacial score (nSPS) is 34.1. The van der Waals surface area contributed by atoms with Crippen molar-refractivity contribution >= 4 is 10.8 Å². The van der Waals surface area contributed by atoms with E-state index in [1.54, 1.807) is 0 Å². The van der Waals surface area contributed by atoms with Gasteiger partial charge in [0.1, 0.15) is 0 Å². The lowest BCUT2D eigenvalue weighted by molar-refractivity contribution is 0.172. The molecule has 1 saturated carbocycles. The smallest absolute Gasteiger partial charge is 0.0504 e. The lowest BCUT2D eigenvalue weighted by Gasteiger charge is -2.40. The molecule has 0 aromatic heterocycles. The maximum absolute atomic E-state index is 12.2. The molecule has 4 atom stereocenters. The van der Waals surface area contributed by atoms with Crippen molar-refractivity contribution in [1.82, 2.24) is 0 Å². The standard InChI is InChI=1S/C13H27NOS/c1-9(2)16(15)12-8-10(13(3,4)5)6-7-11(12)14/h9-12H,6-8,14H2,1-5H3. The van der Waals surface area contributed by atoms with E-state index in [0.29, 0.717) is 11.3 Å². The topological polar surface area (TPSA) is 43.1 Å². The van der Waals surface area contributed by atoms with Crippen LogP contribution in [0.3, 0.4) is 0 Å². The minimum Gasteiger partial charge on any atom is -0.327 e. The molecule has 0 heterocycles. The van der Waals surface area contributed by atoms with E-state index in [1.807, 2.05) is 13.8 Å². The van der Waals surface area contributed by atoms with Crippen LogP contribution in [0.1, 0.15) is 53.9 Å². The van der Waals surface area contributed by atoms with Crippen LogP contribution in [-0.4, -0.2) is 20.8 Å². The molecule has 0 spiro atoms. The zero-order valence-electron chi connectivity index (χ0n) is 11.3. The Balaban J connectivity index is 2.73. The van der Waals surface area contributed by atoms with E-state index in [0.717, 1.165) is 12.8 Å². The maximum atomic E-state index is 12.2. The van der Waals surface area contributed by atoms with Crippen molar-refractivity contribution in [3.05, 3.63) is 0 Å². The minimum atomic E-state index is -0.769. The zero-order valence-corrected chi connectivity index (χ0v) is 12.1. The Hall–Kier alpha value is 0.110. The van der Waals surface area contributed by atoms with E-state index in [-0.39, 0.29) is 16.5 Å². The summed E-state index contributed by atoms with van der Waals surface area (Å²) in [6.45, 7) is 10.9. The molecule has 1 aliphatic rings. The van der Waals surface area contributed by atoms with Crippen molar-refractivity contribution < 1.29 is 4.21 Å². The molecule has 96 valence electrons. The first-order valence-electron chi connectivity index (χ1n) is 6.38. The van der Waals surface area contributed by atoms with Gasteiger partial charge in [-0.2, -0.15) is 0 Å². The fraction of sp³-hybridized carbons (Fsp3) is 1.00. The van der Waals surface area contributed by atoms with Crippen LogP contribution in [0.4, 0.5) is 0 Å². The predicted molar refractivity (Wildman–Crippen MR) is 71.8 cm³/mol. The molecular formula is C13H27NOS. The van der Waals surface area contributed by atoms with Crippen LogP contribution in [0.5, 0.6) is 0 Å². The van der Waals surface area contributed by atoms with Crippen molar-refractivity contribution in [2.75, 3.05) is 0 Å². The largest absolute Gasteiger partial charge is 0.327 e. The van der Waals surface area contributed by atoms with Crippen LogP contribution >= 0.6 is 0 Å². The molecule has 0 bridgehead atoms. The highest BCUT2D eigenvalue weighted by atomic mass is 32.2. The van der Waals surface area contributed by atoms with Gasteiger partial charge in [-0.15, -0.1) is 0 Å². The molecule has 0 aromatic carbocycles. The van der Waals surface area contributed by atoms with E-state index in [2.05, 4.69) is 20.8 Å². The van der Waals surface area contributed by atoms with Gasteiger partial charge in [0.05, 0.1) is 5.25 Å². The first-order chi connectivity index (χ1) is 7.23. The fourth-order valence-corrected chi connectivity index (χ4v) is 4.16. The van der Waals surface area contributed by atoms with Gasteiger partial charge in [-0.05, 0) is 30.6 Å². The molecule has 1 fully saturated rings. The second-order valence-corrected chi connectivity index (χ2v) is 8.66. The lowest BCUT2D eigenvalue weighted by Crippen LogP contribution is -2.46. The molecule has 2 N–H and O–H groups in total. The molecule has 0 saturated heterocycles. The van der Waals surface area contributed by atoms with Crippen molar-refractivity contribution in [2.24, 2.45) is 17.1 Å². The van der Waals surface area contributed by atoms with E-state index in [4.69, 9.17) is 5.73 Å². The summed E-state index contributed by atoms with van der Waals surface area (Å²) >= 11 is 0. The van der Waals surface area contributed by atoms with Crippen molar-refractivity contribution in [2.45, 2.75) is 70.4 Å². The molecule has 0 aromatic rings. The van der Waals surface area contributed by atoms with Crippen molar-refractivity contribution in [3.63, 3.8) is 0 Å². The van der Waals surface area contributed by atoms with Gasteiger partial charge in [0, 0.05) is 22.1 Å². The summed E-state index contributed by atoms with van der Waals surface area (Å²) in [6, 6.07) is 0.141. The summed E-state index contributed by atoms with van der Waals surface area (Å²) in [6.07, 6.45) is 3.26. The highest BCUT2D eigenvalue weighted by Crippen LogP contribution is 2.39. The third kappa shape index (κ3) is 3.30. The summed E-state index contributed by atoms with van der Waals surface area (Å²) in [5.41, 5.74) is 6.45. The fourth-order valence-electron chi connectivity index (χ4n) is 2.56. The first-order valence-corrected chi connectivity index (χ1v) is 7.66. The Bertz CT molecular complexity index is 257. The third-order valence-corrected chi connectivity index (χ3v) is 5.90. The van der Waals surface area contributed by atoms with Crippen molar-refractivity contribution in [1.29, 1.82) is 0 Å². The predicted octanol–water partition coefficient (Wildman–Crippen LogP) is 2.69. The molecule has 4 unspecified atom stereocenters. The molecule has 1 rings (SSSR count). The lowest BCUT2D eigenvalue weighted by atomic mass is 9.71. The summed E-state index contributed by atoms with van der Waals surface area (Å²) in [4.78, 5) is 0. The molecule has 0 radical (unpaired) electrons. The average Bonchev–Trinajstić information content (AvgIpc) is 2.15. The molecule has 2 nitrogen and oxygen atoms in total. The monoisotopic (exact) mass is 245 g/mol. The van der Waals surface area contributed by atoms with Gasteiger partial charge in [0.15, 0.2) is 0 Å². The molecule has 0 amide bonds. The summed E-state index contributed by atoms with van der Waals surface area (Å²) in [5, 5.41) is 0.438. The Labute approximate surface area is 103 Å². The summed E-state index contributed by atoms with van der Waals surface area (Å²) in [5.74, 6) is 0.667. The number of hydrogen-bond acceptors (Lipinski definition) is 2. The number of hydrogen-bond donors (Lipinski definition) is 1. The van der Waals surface area contributed by atoms with E-state index in [1.165, 1.54) is 6.42 Å². The van der Waals surface area contributed by atoms with Crippen LogP contribution in [0.15, 0.2) is 0 Å². The maximum Gasteiger partial charge on any atom is 0.0504 e. The zero-order chi connectivity index (χ0) is 12.5. The second kappa shape index (κ2) is 5.18. The van der Waals surface area contributed by atoms with Crippen LogP contribution < -0.4 is 5.73 Å². The van der Waals surface area contributed by atoms with Gasteiger partial charge in [0.2, 0.25) is 0 Å². The van der Waals surface area contributed by atoms with Gasteiger partial charge in [-0.1, -0.05) is 34.6 Å². The van der Waals surface area contributed by atoms with E-state index >= 15 is 0 Å². The van der Waals surface area contributed by atoms with Crippen LogP contribution in [0, 0.1) is 11.3 Å². The van der Waals surface area contributed by atoms with Crippen LogP contribution in [0.2, 0.25) is 0 Å². The Morgan fingerprint density at radius 1 is 1.25 bits per heavy atom. The third-order valence-electron chi connectivity index (χ3n) is 3.83. The van der Waals surface area contributed by atoms with Crippen molar-refractivity contribution in [3.8, 4) is 0 Å². The quantitative estimate of drug-likeness (QED) is 0.813. The number of nitrogens with two attached hydrogens (primary N) is 1. The Kier molecular flexibility index (Phi) is 4.58. The van der Waals surface area contributed by atoms with Gasteiger partial charge in [-0.3, -0.25) is 4.21 Å². The first kappa shape index (κ1) is 14.2. The van der Waals surface area contributed by atoms with E-state index < -0.39 is 10.8 Å². The molecule has 3 heteroatoms. The molecule has 0 aliphatic heterocycles. The average molecular weight is 245 g/mol.